The molecule has 0 spiro atoms. The number of hydrogen-bond donors (Lipinski definition) is 0. The highest BCUT2D eigenvalue weighted by Crippen LogP contribution is 2.23. The van der Waals surface area contributed by atoms with Crippen molar-refractivity contribution in [3.8, 4) is 0 Å². The minimum atomic E-state index is -0.263. The van der Waals surface area contributed by atoms with Gasteiger partial charge in [-0.1, -0.05) is 41.5 Å². The Kier molecular flexibility index (Phi) is 6.06. The van der Waals surface area contributed by atoms with Crippen LogP contribution in [0.2, 0.25) is 0 Å². The van der Waals surface area contributed by atoms with Crippen LogP contribution in [0.25, 0.3) is 0 Å². The van der Waals surface area contributed by atoms with Crippen LogP contribution in [0.1, 0.15) is 67.2 Å². The van der Waals surface area contributed by atoms with Crippen molar-refractivity contribution in [1.82, 2.24) is 4.90 Å². The quantitative estimate of drug-likeness (QED) is 0.733. The molecule has 0 atom stereocenters. The van der Waals surface area contributed by atoms with Crippen molar-refractivity contribution in [2.24, 2.45) is 10.8 Å². The van der Waals surface area contributed by atoms with Crippen LogP contribution in [0.5, 0.6) is 0 Å². The van der Waals surface area contributed by atoms with Crippen LogP contribution < -0.4 is 0 Å². The van der Waals surface area contributed by atoms with Gasteiger partial charge in [0, 0.05) is 25.1 Å². The number of rotatable bonds is 4. The molecule has 1 fully saturated rings. The molecule has 3 nitrogen and oxygen atoms in total. The molecule has 1 rings (SSSR count). The van der Waals surface area contributed by atoms with E-state index in [1.165, 1.54) is 6.42 Å². The number of amides is 1. The molecule has 0 radical (unpaired) electrons. The van der Waals surface area contributed by atoms with E-state index in [1.807, 2.05) is 25.7 Å². The van der Waals surface area contributed by atoms with Gasteiger partial charge in [0.15, 0.2) is 0 Å². The van der Waals surface area contributed by atoms with E-state index in [4.69, 9.17) is 4.74 Å². The molecule has 0 aromatic rings. The molecule has 1 aliphatic rings. The van der Waals surface area contributed by atoms with E-state index in [9.17, 15) is 4.79 Å². The van der Waals surface area contributed by atoms with Crippen molar-refractivity contribution in [3.63, 3.8) is 0 Å². The molecule has 0 aromatic heterocycles. The summed E-state index contributed by atoms with van der Waals surface area (Å²) in [6.45, 7) is 15.3. The zero-order chi connectivity index (χ0) is 15.4. The predicted molar refractivity (Wildman–Crippen MR) is 83.7 cm³/mol. The van der Waals surface area contributed by atoms with Gasteiger partial charge in [0.1, 0.15) is 0 Å². The molecule has 0 bridgehead atoms. The van der Waals surface area contributed by atoms with E-state index >= 15 is 0 Å². The third-order valence-corrected chi connectivity index (χ3v) is 3.80. The maximum absolute atomic E-state index is 12.2. The summed E-state index contributed by atoms with van der Waals surface area (Å²) in [6, 6.07) is 0. The lowest BCUT2D eigenvalue weighted by Gasteiger charge is -2.35. The van der Waals surface area contributed by atoms with Crippen molar-refractivity contribution >= 4 is 5.91 Å². The lowest BCUT2D eigenvalue weighted by molar-refractivity contribution is -0.142. The number of likely N-dealkylation sites (tertiary alicyclic amines) is 1. The van der Waals surface area contributed by atoms with Gasteiger partial charge in [-0.15, -0.1) is 0 Å². The highest BCUT2D eigenvalue weighted by molar-refractivity contribution is 5.81. The SMILES string of the molecule is CC(C)(C)CCCOC1CCN(C(=O)C(C)(C)C)CC1. The van der Waals surface area contributed by atoms with Crippen molar-refractivity contribution in [2.45, 2.75) is 73.3 Å². The molecule has 3 heteroatoms. The predicted octanol–water partition coefficient (Wildman–Crippen LogP) is 3.87. The molecule has 0 unspecified atom stereocenters. The van der Waals surface area contributed by atoms with E-state index in [1.54, 1.807) is 0 Å². The fourth-order valence-corrected chi connectivity index (χ4v) is 2.55. The maximum atomic E-state index is 12.2. The Morgan fingerprint density at radius 2 is 1.65 bits per heavy atom. The van der Waals surface area contributed by atoms with Gasteiger partial charge in [-0.05, 0) is 31.1 Å². The molecular weight excluding hydrogens is 250 g/mol. The molecular formula is C17H33NO2. The van der Waals surface area contributed by atoms with Gasteiger partial charge in [-0.25, -0.2) is 0 Å². The van der Waals surface area contributed by atoms with Crippen LogP contribution in [0.15, 0.2) is 0 Å². The van der Waals surface area contributed by atoms with Crippen LogP contribution in [-0.2, 0) is 9.53 Å². The molecule has 1 saturated heterocycles. The minimum Gasteiger partial charge on any atom is -0.378 e. The first-order valence-electron chi connectivity index (χ1n) is 8.00. The third-order valence-electron chi connectivity index (χ3n) is 3.80. The van der Waals surface area contributed by atoms with Crippen molar-refractivity contribution in [1.29, 1.82) is 0 Å². The van der Waals surface area contributed by atoms with Gasteiger partial charge in [0.2, 0.25) is 5.91 Å². The number of carbonyl (C=O) groups is 1. The van der Waals surface area contributed by atoms with E-state index in [0.29, 0.717) is 11.5 Å². The van der Waals surface area contributed by atoms with Gasteiger partial charge in [0.25, 0.3) is 0 Å². The maximum Gasteiger partial charge on any atom is 0.227 e. The zero-order valence-electron chi connectivity index (χ0n) is 14.3. The van der Waals surface area contributed by atoms with Gasteiger partial charge in [0.05, 0.1) is 6.10 Å². The summed E-state index contributed by atoms with van der Waals surface area (Å²) in [6.07, 6.45) is 4.65. The third kappa shape index (κ3) is 6.25. The van der Waals surface area contributed by atoms with Gasteiger partial charge in [-0.3, -0.25) is 4.79 Å². The first kappa shape index (κ1) is 17.5. The van der Waals surface area contributed by atoms with Crippen LogP contribution in [-0.4, -0.2) is 36.6 Å². The fraction of sp³-hybridized carbons (Fsp3) is 0.941. The van der Waals surface area contributed by atoms with Crippen molar-refractivity contribution < 1.29 is 9.53 Å². The molecule has 0 aliphatic carbocycles. The number of carbonyl (C=O) groups excluding carboxylic acids is 1. The number of piperidine rings is 1. The second-order valence-electron chi connectivity index (χ2n) is 8.28. The van der Waals surface area contributed by atoms with Crippen LogP contribution >= 0.6 is 0 Å². The van der Waals surface area contributed by atoms with E-state index < -0.39 is 0 Å². The molecule has 0 saturated carbocycles. The van der Waals surface area contributed by atoms with Gasteiger partial charge >= 0.3 is 0 Å². The Morgan fingerprint density at radius 1 is 1.10 bits per heavy atom. The standard InChI is InChI=1S/C17H33NO2/c1-16(2,3)10-7-13-20-14-8-11-18(12-9-14)15(19)17(4,5)6/h14H,7-13H2,1-6H3. The summed E-state index contributed by atoms with van der Waals surface area (Å²) in [5.74, 6) is 0.267. The minimum absolute atomic E-state index is 0.263. The molecule has 1 aliphatic heterocycles. The van der Waals surface area contributed by atoms with Crippen molar-refractivity contribution in [2.75, 3.05) is 19.7 Å². The monoisotopic (exact) mass is 283 g/mol. The van der Waals surface area contributed by atoms with Gasteiger partial charge < -0.3 is 9.64 Å². The largest absolute Gasteiger partial charge is 0.378 e. The van der Waals surface area contributed by atoms with E-state index in [-0.39, 0.29) is 11.3 Å². The van der Waals surface area contributed by atoms with Crippen LogP contribution in [0.4, 0.5) is 0 Å². The smallest absolute Gasteiger partial charge is 0.227 e. The number of nitrogens with zero attached hydrogens (tertiary/aromatic N) is 1. The number of ether oxygens (including phenoxy) is 1. The molecule has 118 valence electrons. The average molecular weight is 283 g/mol. The second-order valence-corrected chi connectivity index (χ2v) is 8.28. The Bertz CT molecular complexity index is 304. The molecule has 0 N–H and O–H groups in total. The van der Waals surface area contributed by atoms with Crippen LogP contribution in [0.3, 0.4) is 0 Å². The molecule has 0 aromatic carbocycles. The van der Waals surface area contributed by atoms with Gasteiger partial charge in [-0.2, -0.15) is 0 Å². The van der Waals surface area contributed by atoms with Crippen molar-refractivity contribution in [3.05, 3.63) is 0 Å². The Morgan fingerprint density at radius 3 is 2.10 bits per heavy atom. The molecule has 1 amide bonds. The summed E-state index contributed by atoms with van der Waals surface area (Å²) in [7, 11) is 0. The summed E-state index contributed by atoms with van der Waals surface area (Å²) in [5, 5.41) is 0. The summed E-state index contributed by atoms with van der Waals surface area (Å²) < 4.78 is 5.95. The summed E-state index contributed by atoms with van der Waals surface area (Å²) in [5.41, 5.74) is 0.131. The first-order chi connectivity index (χ1) is 9.09. The second kappa shape index (κ2) is 6.93. The highest BCUT2D eigenvalue weighted by atomic mass is 16.5. The normalized spacial score (nSPS) is 18.4. The Hall–Kier alpha value is -0.570. The Balaban J connectivity index is 2.21. The van der Waals surface area contributed by atoms with E-state index in [0.717, 1.165) is 39.0 Å². The average Bonchev–Trinajstić information content (AvgIpc) is 2.32. The fourth-order valence-electron chi connectivity index (χ4n) is 2.55. The lowest BCUT2D eigenvalue weighted by atomic mass is 9.91. The summed E-state index contributed by atoms with van der Waals surface area (Å²) >= 11 is 0. The van der Waals surface area contributed by atoms with E-state index in [2.05, 4.69) is 20.8 Å². The Labute approximate surface area is 125 Å². The van der Waals surface area contributed by atoms with Crippen LogP contribution in [0, 0.1) is 10.8 Å². The lowest BCUT2D eigenvalue weighted by Crippen LogP contribution is -2.45. The topological polar surface area (TPSA) is 29.5 Å². The summed E-state index contributed by atoms with van der Waals surface area (Å²) in [4.78, 5) is 14.2. The zero-order valence-corrected chi connectivity index (χ0v) is 14.3. The highest BCUT2D eigenvalue weighted by Gasteiger charge is 2.30. The molecule has 1 heterocycles. The molecule has 20 heavy (non-hydrogen) atoms. The number of hydrogen-bond acceptors (Lipinski definition) is 2. The first-order valence-corrected chi connectivity index (χ1v) is 8.00.